The Morgan fingerprint density at radius 1 is 1.38 bits per heavy atom. The summed E-state index contributed by atoms with van der Waals surface area (Å²) in [6.45, 7) is 3.70. The Balaban J connectivity index is 3.05. The minimum atomic E-state index is -0.339. The highest BCUT2D eigenvalue weighted by atomic mass is 32.2. The maximum Gasteiger partial charge on any atom is 0.0863 e. The van der Waals surface area contributed by atoms with Crippen LogP contribution in [0.25, 0.3) is 0 Å². The first kappa shape index (κ1) is 13.2. The predicted molar refractivity (Wildman–Crippen MR) is 56.3 cm³/mol. The van der Waals surface area contributed by atoms with Crippen LogP contribution in [0.3, 0.4) is 0 Å². The third-order valence-electron chi connectivity index (χ3n) is 1.40. The molecule has 0 saturated heterocycles. The van der Waals surface area contributed by atoms with Crippen LogP contribution in [0.1, 0.15) is 13.3 Å². The van der Waals surface area contributed by atoms with Gasteiger partial charge in [0.2, 0.25) is 0 Å². The minimum Gasteiger partial charge on any atom is -0.390 e. The van der Waals surface area contributed by atoms with Crippen LogP contribution < -0.4 is 0 Å². The third-order valence-corrected chi connectivity index (χ3v) is 2.72. The fourth-order valence-electron chi connectivity index (χ4n) is 0.773. The van der Waals surface area contributed by atoms with Crippen molar-refractivity contribution in [3.63, 3.8) is 0 Å². The summed E-state index contributed by atoms with van der Waals surface area (Å²) in [5.74, 6) is 1.87. The monoisotopic (exact) mass is 208 g/mol. The molecule has 1 N–H and O–H groups in total. The number of methoxy groups -OCH3 is 1. The van der Waals surface area contributed by atoms with Crippen molar-refractivity contribution in [3.8, 4) is 0 Å². The van der Waals surface area contributed by atoms with Crippen LogP contribution in [-0.4, -0.2) is 49.6 Å². The predicted octanol–water partition coefficient (Wildman–Crippen LogP) is 1.15. The van der Waals surface area contributed by atoms with E-state index in [0.29, 0.717) is 19.8 Å². The Morgan fingerprint density at radius 2 is 2.15 bits per heavy atom. The van der Waals surface area contributed by atoms with Crippen molar-refractivity contribution in [2.75, 3.05) is 38.4 Å². The Morgan fingerprint density at radius 3 is 2.77 bits per heavy atom. The van der Waals surface area contributed by atoms with Crippen LogP contribution in [0, 0.1) is 0 Å². The van der Waals surface area contributed by atoms with Crippen molar-refractivity contribution in [1.82, 2.24) is 0 Å². The van der Waals surface area contributed by atoms with Gasteiger partial charge in [-0.3, -0.25) is 0 Å². The summed E-state index contributed by atoms with van der Waals surface area (Å²) >= 11 is 1.76. The molecule has 13 heavy (non-hydrogen) atoms. The molecule has 1 atom stereocenters. The van der Waals surface area contributed by atoms with E-state index in [1.165, 1.54) is 0 Å². The van der Waals surface area contributed by atoms with Crippen LogP contribution in [0.5, 0.6) is 0 Å². The van der Waals surface area contributed by atoms with Gasteiger partial charge < -0.3 is 14.6 Å². The van der Waals surface area contributed by atoms with Crippen LogP contribution >= 0.6 is 11.8 Å². The zero-order valence-corrected chi connectivity index (χ0v) is 9.31. The minimum absolute atomic E-state index is 0.339. The quantitative estimate of drug-likeness (QED) is 0.577. The number of hydrogen-bond donors (Lipinski definition) is 1. The first-order valence-electron chi connectivity index (χ1n) is 4.63. The summed E-state index contributed by atoms with van der Waals surface area (Å²) in [6, 6.07) is 0. The summed E-state index contributed by atoms with van der Waals surface area (Å²) in [7, 11) is 1.64. The second-order valence-corrected chi connectivity index (χ2v) is 3.95. The van der Waals surface area contributed by atoms with Gasteiger partial charge in [-0.1, -0.05) is 6.92 Å². The number of aliphatic hydroxyl groups is 1. The Kier molecular flexibility index (Phi) is 10.5. The zero-order chi connectivity index (χ0) is 9.94. The van der Waals surface area contributed by atoms with E-state index in [9.17, 15) is 5.11 Å². The van der Waals surface area contributed by atoms with Gasteiger partial charge in [0.1, 0.15) is 0 Å². The van der Waals surface area contributed by atoms with Crippen molar-refractivity contribution >= 4 is 11.8 Å². The van der Waals surface area contributed by atoms with Gasteiger partial charge in [0.05, 0.1) is 25.9 Å². The molecular formula is C9H20O3S. The lowest BCUT2D eigenvalue weighted by Crippen LogP contribution is -2.19. The molecule has 0 saturated carbocycles. The second-order valence-electron chi connectivity index (χ2n) is 2.80. The highest BCUT2D eigenvalue weighted by molar-refractivity contribution is 7.99. The van der Waals surface area contributed by atoms with E-state index in [1.54, 1.807) is 18.9 Å². The number of thioether (sulfide) groups is 1. The van der Waals surface area contributed by atoms with E-state index in [4.69, 9.17) is 9.47 Å². The van der Waals surface area contributed by atoms with Gasteiger partial charge in [-0.15, -0.1) is 0 Å². The molecule has 0 aliphatic rings. The fraction of sp³-hybridized carbons (Fsp3) is 1.00. The topological polar surface area (TPSA) is 38.7 Å². The molecule has 80 valence electrons. The van der Waals surface area contributed by atoms with E-state index >= 15 is 0 Å². The van der Waals surface area contributed by atoms with Gasteiger partial charge in [0.15, 0.2) is 0 Å². The van der Waals surface area contributed by atoms with Gasteiger partial charge in [-0.05, 0) is 12.2 Å². The first-order chi connectivity index (χ1) is 6.31. The maximum atomic E-state index is 9.39. The molecule has 0 fully saturated rings. The molecule has 0 bridgehead atoms. The van der Waals surface area contributed by atoms with Gasteiger partial charge in [-0.25, -0.2) is 0 Å². The van der Waals surface area contributed by atoms with Gasteiger partial charge in [0, 0.05) is 12.9 Å². The molecule has 0 rings (SSSR count). The van der Waals surface area contributed by atoms with E-state index in [2.05, 4.69) is 6.92 Å². The zero-order valence-electron chi connectivity index (χ0n) is 8.49. The largest absolute Gasteiger partial charge is 0.390 e. The molecule has 0 heterocycles. The SMILES string of the molecule is CCCSCC(O)COCCOC. The molecule has 1 unspecified atom stereocenters. The molecule has 0 aliphatic carbocycles. The average Bonchev–Trinajstić information content (AvgIpc) is 2.13. The van der Waals surface area contributed by atoms with E-state index in [1.807, 2.05) is 0 Å². The summed E-state index contributed by atoms with van der Waals surface area (Å²) in [6.07, 6.45) is 0.815. The standard InChI is InChI=1S/C9H20O3S/c1-3-6-13-8-9(10)7-12-5-4-11-2/h9-10H,3-8H2,1-2H3. The fourth-order valence-corrected chi connectivity index (χ4v) is 1.60. The van der Waals surface area contributed by atoms with Crippen molar-refractivity contribution < 1.29 is 14.6 Å². The van der Waals surface area contributed by atoms with Crippen LogP contribution in [0.4, 0.5) is 0 Å². The smallest absolute Gasteiger partial charge is 0.0863 e. The van der Waals surface area contributed by atoms with E-state index in [-0.39, 0.29) is 6.10 Å². The first-order valence-corrected chi connectivity index (χ1v) is 5.79. The lowest BCUT2D eigenvalue weighted by atomic mass is 10.4. The molecular weight excluding hydrogens is 188 g/mol. The Hall–Kier alpha value is 0.230. The third kappa shape index (κ3) is 10.1. The Labute approximate surface area is 84.8 Å². The molecule has 0 radical (unpaired) electrons. The number of ether oxygens (including phenoxy) is 2. The normalized spacial score (nSPS) is 13.2. The van der Waals surface area contributed by atoms with Crippen LogP contribution in [-0.2, 0) is 9.47 Å². The lowest BCUT2D eigenvalue weighted by Gasteiger charge is -2.10. The molecule has 3 nitrogen and oxygen atoms in total. The average molecular weight is 208 g/mol. The summed E-state index contributed by atoms with van der Waals surface area (Å²) in [4.78, 5) is 0. The van der Waals surface area contributed by atoms with Crippen molar-refractivity contribution in [2.45, 2.75) is 19.4 Å². The maximum absolute atomic E-state index is 9.39. The molecule has 0 spiro atoms. The van der Waals surface area contributed by atoms with E-state index < -0.39 is 0 Å². The molecule has 0 aromatic heterocycles. The molecule has 0 aliphatic heterocycles. The van der Waals surface area contributed by atoms with Gasteiger partial charge in [0.25, 0.3) is 0 Å². The molecule has 0 aromatic carbocycles. The highest BCUT2D eigenvalue weighted by Gasteiger charge is 2.03. The van der Waals surface area contributed by atoms with Crippen molar-refractivity contribution in [2.24, 2.45) is 0 Å². The molecule has 0 amide bonds. The van der Waals surface area contributed by atoms with Crippen molar-refractivity contribution in [3.05, 3.63) is 0 Å². The molecule has 0 aromatic rings. The van der Waals surface area contributed by atoms with Crippen LogP contribution in [0.15, 0.2) is 0 Å². The van der Waals surface area contributed by atoms with Gasteiger partial charge in [-0.2, -0.15) is 11.8 Å². The lowest BCUT2D eigenvalue weighted by molar-refractivity contribution is 0.0218. The summed E-state index contributed by atoms with van der Waals surface area (Å²) in [5.41, 5.74) is 0. The van der Waals surface area contributed by atoms with E-state index in [0.717, 1.165) is 17.9 Å². The highest BCUT2D eigenvalue weighted by Crippen LogP contribution is 2.04. The Bertz CT molecular complexity index is 101. The van der Waals surface area contributed by atoms with Crippen LogP contribution in [0.2, 0.25) is 0 Å². The molecule has 4 heteroatoms. The number of hydrogen-bond acceptors (Lipinski definition) is 4. The second kappa shape index (κ2) is 10.3. The van der Waals surface area contributed by atoms with Crippen molar-refractivity contribution in [1.29, 1.82) is 0 Å². The number of rotatable bonds is 9. The van der Waals surface area contributed by atoms with Gasteiger partial charge >= 0.3 is 0 Å². The number of aliphatic hydroxyl groups excluding tert-OH is 1. The summed E-state index contributed by atoms with van der Waals surface area (Å²) in [5, 5.41) is 9.39. The summed E-state index contributed by atoms with van der Waals surface area (Å²) < 4.78 is 9.99.